The normalized spacial score (nSPS) is 11.5. The number of nitrogens with one attached hydrogen (secondary N) is 2. The SMILES string of the molecule is CN=C(NCc1nc(C)c(C)s1)NCc1oc2ccc(F)cc2c1C.I. The van der Waals surface area contributed by atoms with Crippen molar-refractivity contribution in [1.29, 1.82) is 0 Å². The fourth-order valence-electron chi connectivity index (χ4n) is 2.57. The van der Waals surface area contributed by atoms with Crippen molar-refractivity contribution in [3.05, 3.63) is 50.9 Å². The van der Waals surface area contributed by atoms with Crippen molar-refractivity contribution in [2.75, 3.05) is 7.05 Å². The van der Waals surface area contributed by atoms with E-state index in [0.29, 0.717) is 24.6 Å². The first-order valence-corrected chi connectivity index (χ1v) is 8.84. The van der Waals surface area contributed by atoms with Crippen LogP contribution in [-0.4, -0.2) is 18.0 Å². The molecule has 0 atom stereocenters. The molecule has 3 rings (SSSR count). The van der Waals surface area contributed by atoms with Crippen molar-refractivity contribution in [2.45, 2.75) is 33.9 Å². The van der Waals surface area contributed by atoms with Gasteiger partial charge in [-0.25, -0.2) is 9.37 Å². The molecular formula is C18H22FIN4OS. The maximum atomic E-state index is 13.4. The molecule has 1 aromatic carbocycles. The van der Waals surface area contributed by atoms with Gasteiger partial charge in [0, 0.05) is 22.9 Å². The molecule has 0 radical (unpaired) electrons. The van der Waals surface area contributed by atoms with Gasteiger partial charge >= 0.3 is 0 Å². The van der Waals surface area contributed by atoms with Crippen molar-refractivity contribution in [3.8, 4) is 0 Å². The third-order valence-electron chi connectivity index (χ3n) is 4.12. The Labute approximate surface area is 173 Å². The second-order valence-electron chi connectivity index (χ2n) is 5.82. The summed E-state index contributed by atoms with van der Waals surface area (Å²) >= 11 is 1.68. The van der Waals surface area contributed by atoms with Crippen molar-refractivity contribution >= 4 is 52.2 Å². The molecule has 0 aliphatic rings. The predicted octanol–water partition coefficient (Wildman–Crippen LogP) is 4.44. The van der Waals surface area contributed by atoms with Gasteiger partial charge in [0.2, 0.25) is 0 Å². The Morgan fingerprint density at radius 1 is 1.23 bits per heavy atom. The number of hydrogen-bond donors (Lipinski definition) is 2. The minimum Gasteiger partial charge on any atom is -0.459 e. The number of hydrogen-bond acceptors (Lipinski definition) is 4. The third kappa shape index (κ3) is 4.53. The van der Waals surface area contributed by atoms with Gasteiger partial charge < -0.3 is 15.1 Å². The average molecular weight is 488 g/mol. The molecule has 5 nitrogen and oxygen atoms in total. The molecular weight excluding hydrogens is 466 g/mol. The first kappa shape index (κ1) is 20.6. The molecule has 0 aliphatic heterocycles. The molecule has 8 heteroatoms. The molecule has 2 N–H and O–H groups in total. The van der Waals surface area contributed by atoms with Gasteiger partial charge in [-0.2, -0.15) is 0 Å². The van der Waals surface area contributed by atoms with E-state index in [4.69, 9.17) is 4.42 Å². The quantitative estimate of drug-likeness (QED) is 0.324. The molecule has 0 fully saturated rings. The van der Waals surface area contributed by atoms with Gasteiger partial charge in [0.25, 0.3) is 0 Å². The number of guanidine groups is 1. The van der Waals surface area contributed by atoms with Gasteiger partial charge in [0.1, 0.15) is 22.2 Å². The molecule has 0 saturated carbocycles. The highest BCUT2D eigenvalue weighted by atomic mass is 127. The van der Waals surface area contributed by atoms with E-state index < -0.39 is 0 Å². The lowest BCUT2D eigenvalue weighted by molar-refractivity contribution is 0.534. The number of halogens is 2. The monoisotopic (exact) mass is 488 g/mol. The summed E-state index contributed by atoms with van der Waals surface area (Å²) < 4.78 is 19.2. The number of aromatic nitrogens is 1. The fourth-order valence-corrected chi connectivity index (χ4v) is 3.44. The highest BCUT2D eigenvalue weighted by Gasteiger charge is 2.12. The van der Waals surface area contributed by atoms with Gasteiger partial charge in [-0.3, -0.25) is 4.99 Å². The molecule has 0 aliphatic carbocycles. The van der Waals surface area contributed by atoms with E-state index in [1.807, 2.05) is 13.8 Å². The highest BCUT2D eigenvalue weighted by Crippen LogP contribution is 2.25. The molecule has 3 aromatic rings. The summed E-state index contributed by atoms with van der Waals surface area (Å²) in [5.74, 6) is 1.17. The summed E-state index contributed by atoms with van der Waals surface area (Å²) in [6.07, 6.45) is 0. The van der Waals surface area contributed by atoms with Crippen molar-refractivity contribution in [2.24, 2.45) is 4.99 Å². The Bertz CT molecular complexity index is 915. The number of nitrogens with zero attached hydrogens (tertiary/aromatic N) is 2. The summed E-state index contributed by atoms with van der Waals surface area (Å²) in [4.78, 5) is 9.95. The number of fused-ring (bicyclic) bond motifs is 1. The Morgan fingerprint density at radius 2 is 1.96 bits per heavy atom. The largest absolute Gasteiger partial charge is 0.459 e. The molecule has 0 bridgehead atoms. The Kier molecular flexibility index (Phi) is 6.99. The number of rotatable bonds is 4. The Morgan fingerprint density at radius 3 is 2.62 bits per heavy atom. The molecule has 2 aromatic heterocycles. The number of aliphatic imine (C=N–C) groups is 1. The van der Waals surface area contributed by atoms with Gasteiger partial charge in [-0.1, -0.05) is 0 Å². The average Bonchev–Trinajstić information content (AvgIpc) is 3.08. The lowest BCUT2D eigenvalue weighted by Gasteiger charge is -2.10. The lowest BCUT2D eigenvalue weighted by Crippen LogP contribution is -2.36. The molecule has 2 heterocycles. The summed E-state index contributed by atoms with van der Waals surface area (Å²) in [6.45, 7) is 7.09. The molecule has 0 amide bonds. The van der Waals surface area contributed by atoms with Crippen LogP contribution in [0.5, 0.6) is 0 Å². The maximum absolute atomic E-state index is 13.4. The molecule has 0 unspecified atom stereocenters. The predicted molar refractivity (Wildman–Crippen MR) is 115 cm³/mol. The van der Waals surface area contributed by atoms with Crippen LogP contribution in [0.2, 0.25) is 0 Å². The van der Waals surface area contributed by atoms with Crippen LogP contribution in [-0.2, 0) is 13.1 Å². The van der Waals surface area contributed by atoms with Gasteiger partial charge in [-0.15, -0.1) is 35.3 Å². The second-order valence-corrected chi connectivity index (χ2v) is 7.11. The van der Waals surface area contributed by atoms with E-state index >= 15 is 0 Å². The summed E-state index contributed by atoms with van der Waals surface area (Å²) in [5, 5.41) is 8.29. The standard InChI is InChI=1S/C18H21FN4OS.HI/c1-10-14-7-13(19)5-6-15(14)24-16(10)8-21-18(20-4)22-9-17-23-11(2)12(3)25-17;/h5-7H,8-9H2,1-4H3,(H2,20,21,22);1H. The van der Waals surface area contributed by atoms with E-state index in [-0.39, 0.29) is 29.8 Å². The highest BCUT2D eigenvalue weighted by molar-refractivity contribution is 14.0. The topological polar surface area (TPSA) is 62.5 Å². The molecule has 0 saturated heterocycles. The Balaban J connectivity index is 0.00000243. The van der Waals surface area contributed by atoms with Gasteiger partial charge in [0.05, 0.1) is 18.8 Å². The van der Waals surface area contributed by atoms with Gasteiger partial charge in [0.15, 0.2) is 5.96 Å². The van der Waals surface area contributed by atoms with Crippen LogP contribution in [0.1, 0.15) is 26.9 Å². The van der Waals surface area contributed by atoms with Crippen LogP contribution in [0.3, 0.4) is 0 Å². The van der Waals surface area contributed by atoms with Crippen LogP contribution >= 0.6 is 35.3 Å². The molecule has 0 spiro atoms. The summed E-state index contributed by atoms with van der Waals surface area (Å²) in [6, 6.07) is 4.56. The van der Waals surface area contributed by atoms with E-state index in [2.05, 4.69) is 27.5 Å². The van der Waals surface area contributed by atoms with Crippen LogP contribution in [0, 0.1) is 26.6 Å². The van der Waals surface area contributed by atoms with E-state index in [1.54, 1.807) is 24.5 Å². The van der Waals surface area contributed by atoms with Crippen LogP contribution < -0.4 is 10.6 Å². The first-order chi connectivity index (χ1) is 12.0. The summed E-state index contributed by atoms with van der Waals surface area (Å²) in [7, 11) is 1.72. The first-order valence-electron chi connectivity index (χ1n) is 8.03. The number of benzene rings is 1. The van der Waals surface area contributed by atoms with Crippen molar-refractivity contribution in [1.82, 2.24) is 15.6 Å². The Hall–Kier alpha value is -1.68. The minimum absolute atomic E-state index is 0. The second kappa shape index (κ2) is 8.81. The zero-order valence-electron chi connectivity index (χ0n) is 15.1. The van der Waals surface area contributed by atoms with Crippen molar-refractivity contribution in [3.63, 3.8) is 0 Å². The maximum Gasteiger partial charge on any atom is 0.191 e. The van der Waals surface area contributed by atoms with Crippen molar-refractivity contribution < 1.29 is 8.81 Å². The lowest BCUT2D eigenvalue weighted by atomic mass is 10.1. The van der Waals surface area contributed by atoms with Crippen LogP contribution in [0.25, 0.3) is 11.0 Å². The van der Waals surface area contributed by atoms with E-state index in [1.165, 1.54) is 17.0 Å². The molecule has 140 valence electrons. The zero-order valence-corrected chi connectivity index (χ0v) is 18.3. The van der Waals surface area contributed by atoms with E-state index in [0.717, 1.165) is 27.4 Å². The van der Waals surface area contributed by atoms with Crippen LogP contribution in [0.4, 0.5) is 4.39 Å². The van der Waals surface area contributed by atoms with Crippen LogP contribution in [0.15, 0.2) is 27.6 Å². The van der Waals surface area contributed by atoms with Gasteiger partial charge in [-0.05, 0) is 39.0 Å². The summed E-state index contributed by atoms with van der Waals surface area (Å²) in [5.41, 5.74) is 2.69. The fraction of sp³-hybridized carbons (Fsp3) is 0.333. The minimum atomic E-state index is -0.262. The number of furan rings is 1. The number of thiazole rings is 1. The van der Waals surface area contributed by atoms with E-state index in [9.17, 15) is 4.39 Å². The molecule has 26 heavy (non-hydrogen) atoms. The number of aryl methyl sites for hydroxylation is 3. The third-order valence-corrected chi connectivity index (χ3v) is 5.19. The smallest absolute Gasteiger partial charge is 0.191 e. The zero-order chi connectivity index (χ0) is 18.0.